The summed E-state index contributed by atoms with van der Waals surface area (Å²) in [6, 6.07) is 5.57. The first-order valence-electron chi connectivity index (χ1n) is 5.04. The number of aromatic nitrogens is 3. The standard InChI is InChI=1S/C11H12ClN3O/c1-2-16-7-11-14-9(6-10(12)15-11)8-4-3-5-13-8/h3-6,13H,2,7H2,1H3. The molecule has 5 heteroatoms. The van der Waals surface area contributed by atoms with Crippen LogP contribution in [0.3, 0.4) is 0 Å². The average Bonchev–Trinajstić information content (AvgIpc) is 2.79. The lowest BCUT2D eigenvalue weighted by molar-refractivity contribution is 0.128. The first-order chi connectivity index (χ1) is 7.79. The van der Waals surface area contributed by atoms with E-state index in [1.165, 1.54) is 0 Å². The van der Waals surface area contributed by atoms with Gasteiger partial charge in [0.1, 0.15) is 11.8 Å². The fourth-order valence-electron chi connectivity index (χ4n) is 1.35. The molecule has 16 heavy (non-hydrogen) atoms. The Hall–Kier alpha value is -1.39. The summed E-state index contributed by atoms with van der Waals surface area (Å²) in [7, 11) is 0. The number of hydrogen-bond donors (Lipinski definition) is 1. The smallest absolute Gasteiger partial charge is 0.156 e. The molecule has 0 unspecified atom stereocenters. The van der Waals surface area contributed by atoms with Crippen LogP contribution in [0.4, 0.5) is 0 Å². The van der Waals surface area contributed by atoms with Crippen LogP contribution in [0.5, 0.6) is 0 Å². The van der Waals surface area contributed by atoms with Gasteiger partial charge in [-0.3, -0.25) is 0 Å². The van der Waals surface area contributed by atoms with Gasteiger partial charge in [-0.1, -0.05) is 11.6 Å². The third-order valence-electron chi connectivity index (χ3n) is 2.05. The van der Waals surface area contributed by atoms with Crippen LogP contribution in [0.15, 0.2) is 24.4 Å². The van der Waals surface area contributed by atoms with Crippen LogP contribution in [-0.2, 0) is 11.3 Å². The van der Waals surface area contributed by atoms with E-state index >= 15 is 0 Å². The van der Waals surface area contributed by atoms with Crippen molar-refractivity contribution in [2.24, 2.45) is 0 Å². The molecule has 0 spiro atoms. The molecule has 0 fully saturated rings. The topological polar surface area (TPSA) is 50.8 Å². The van der Waals surface area contributed by atoms with Crippen molar-refractivity contribution in [2.75, 3.05) is 6.61 Å². The second kappa shape index (κ2) is 5.09. The summed E-state index contributed by atoms with van der Waals surface area (Å²) in [6.45, 7) is 2.94. The Labute approximate surface area is 98.6 Å². The molecule has 1 N–H and O–H groups in total. The van der Waals surface area contributed by atoms with Crippen molar-refractivity contribution < 1.29 is 4.74 Å². The number of aromatic amines is 1. The van der Waals surface area contributed by atoms with E-state index in [1.807, 2.05) is 25.3 Å². The van der Waals surface area contributed by atoms with Gasteiger partial charge in [-0.2, -0.15) is 0 Å². The molecule has 0 atom stereocenters. The van der Waals surface area contributed by atoms with E-state index in [9.17, 15) is 0 Å². The average molecular weight is 238 g/mol. The molecule has 84 valence electrons. The highest BCUT2D eigenvalue weighted by molar-refractivity contribution is 6.29. The van der Waals surface area contributed by atoms with E-state index in [-0.39, 0.29) is 0 Å². The molecule has 0 saturated heterocycles. The number of ether oxygens (including phenoxy) is 1. The Balaban J connectivity index is 2.29. The fourth-order valence-corrected chi connectivity index (χ4v) is 1.55. The second-order valence-electron chi connectivity index (χ2n) is 3.21. The molecule has 2 rings (SSSR count). The predicted octanol–water partition coefficient (Wildman–Crippen LogP) is 2.66. The van der Waals surface area contributed by atoms with Crippen LogP contribution in [0.25, 0.3) is 11.4 Å². The third kappa shape index (κ3) is 2.59. The minimum absolute atomic E-state index is 0.380. The minimum atomic E-state index is 0.380. The number of H-pyrrole nitrogens is 1. The largest absolute Gasteiger partial charge is 0.374 e. The highest BCUT2D eigenvalue weighted by Gasteiger charge is 2.05. The van der Waals surface area contributed by atoms with Gasteiger partial charge in [0.05, 0.1) is 11.4 Å². The maximum Gasteiger partial charge on any atom is 0.156 e. The molecule has 2 aromatic heterocycles. The van der Waals surface area contributed by atoms with Gasteiger partial charge in [0.15, 0.2) is 5.82 Å². The van der Waals surface area contributed by atoms with Crippen LogP contribution in [0.2, 0.25) is 5.15 Å². The summed E-state index contributed by atoms with van der Waals surface area (Å²) in [5.41, 5.74) is 1.70. The van der Waals surface area contributed by atoms with Gasteiger partial charge in [-0.15, -0.1) is 0 Å². The first kappa shape index (κ1) is 11.1. The number of rotatable bonds is 4. The Kier molecular flexibility index (Phi) is 3.54. The van der Waals surface area contributed by atoms with Crippen molar-refractivity contribution in [1.82, 2.24) is 15.0 Å². The van der Waals surface area contributed by atoms with Crippen molar-refractivity contribution in [3.8, 4) is 11.4 Å². The van der Waals surface area contributed by atoms with E-state index in [1.54, 1.807) is 6.07 Å². The highest BCUT2D eigenvalue weighted by atomic mass is 35.5. The van der Waals surface area contributed by atoms with Crippen LogP contribution in [-0.4, -0.2) is 21.6 Å². The van der Waals surface area contributed by atoms with Crippen LogP contribution < -0.4 is 0 Å². The summed E-state index contributed by atoms with van der Waals surface area (Å²) >= 11 is 5.93. The van der Waals surface area contributed by atoms with Gasteiger partial charge >= 0.3 is 0 Å². The Morgan fingerprint density at radius 1 is 1.44 bits per heavy atom. The van der Waals surface area contributed by atoms with E-state index in [0.717, 1.165) is 11.4 Å². The lowest BCUT2D eigenvalue weighted by atomic mass is 10.3. The maximum absolute atomic E-state index is 5.93. The molecule has 0 radical (unpaired) electrons. The van der Waals surface area contributed by atoms with Crippen molar-refractivity contribution in [2.45, 2.75) is 13.5 Å². The molecule has 2 aromatic rings. The Bertz CT molecular complexity index is 456. The predicted molar refractivity (Wildman–Crippen MR) is 62.2 cm³/mol. The van der Waals surface area contributed by atoms with E-state index in [2.05, 4.69) is 15.0 Å². The van der Waals surface area contributed by atoms with Crippen molar-refractivity contribution >= 4 is 11.6 Å². The molecule has 4 nitrogen and oxygen atoms in total. The Morgan fingerprint density at radius 3 is 3.00 bits per heavy atom. The maximum atomic E-state index is 5.93. The lowest BCUT2D eigenvalue weighted by Gasteiger charge is -2.03. The Morgan fingerprint density at radius 2 is 2.31 bits per heavy atom. The number of nitrogens with one attached hydrogen (secondary N) is 1. The van der Waals surface area contributed by atoms with Crippen molar-refractivity contribution in [1.29, 1.82) is 0 Å². The zero-order valence-corrected chi connectivity index (χ0v) is 9.66. The van der Waals surface area contributed by atoms with Gasteiger partial charge in [0, 0.05) is 18.9 Å². The minimum Gasteiger partial charge on any atom is -0.374 e. The molecular weight excluding hydrogens is 226 g/mol. The molecule has 0 saturated carbocycles. The van der Waals surface area contributed by atoms with Gasteiger partial charge < -0.3 is 9.72 Å². The molecule has 0 aromatic carbocycles. The van der Waals surface area contributed by atoms with Crippen molar-refractivity contribution in [3.05, 3.63) is 35.4 Å². The summed E-state index contributed by atoms with van der Waals surface area (Å²) in [4.78, 5) is 11.5. The van der Waals surface area contributed by atoms with E-state index in [4.69, 9.17) is 16.3 Å². The zero-order valence-electron chi connectivity index (χ0n) is 8.90. The molecule has 0 aliphatic carbocycles. The normalized spacial score (nSPS) is 10.6. The van der Waals surface area contributed by atoms with Gasteiger partial charge in [-0.05, 0) is 19.1 Å². The van der Waals surface area contributed by atoms with E-state index in [0.29, 0.717) is 24.2 Å². The van der Waals surface area contributed by atoms with Crippen molar-refractivity contribution in [3.63, 3.8) is 0 Å². The van der Waals surface area contributed by atoms with Crippen LogP contribution in [0.1, 0.15) is 12.7 Å². The monoisotopic (exact) mass is 237 g/mol. The van der Waals surface area contributed by atoms with Crippen LogP contribution >= 0.6 is 11.6 Å². The lowest BCUT2D eigenvalue weighted by Crippen LogP contribution is -2.00. The summed E-state index contributed by atoms with van der Waals surface area (Å²) in [5, 5.41) is 0.425. The molecule has 0 amide bonds. The summed E-state index contributed by atoms with van der Waals surface area (Å²) in [5.74, 6) is 0.596. The molecule has 2 heterocycles. The molecule has 0 bridgehead atoms. The van der Waals surface area contributed by atoms with Gasteiger partial charge in [-0.25, -0.2) is 9.97 Å². The quantitative estimate of drug-likeness (QED) is 0.832. The first-order valence-corrected chi connectivity index (χ1v) is 5.42. The van der Waals surface area contributed by atoms with Gasteiger partial charge in [0.25, 0.3) is 0 Å². The SMILES string of the molecule is CCOCc1nc(Cl)cc(-c2ccc[nH]2)n1. The van der Waals surface area contributed by atoms with E-state index < -0.39 is 0 Å². The number of hydrogen-bond acceptors (Lipinski definition) is 3. The zero-order chi connectivity index (χ0) is 11.4. The highest BCUT2D eigenvalue weighted by Crippen LogP contribution is 2.18. The van der Waals surface area contributed by atoms with Crippen LogP contribution in [0, 0.1) is 0 Å². The second-order valence-corrected chi connectivity index (χ2v) is 3.60. The molecule has 0 aliphatic heterocycles. The summed E-state index contributed by atoms with van der Waals surface area (Å²) < 4.78 is 5.25. The number of nitrogens with zero attached hydrogens (tertiary/aromatic N) is 2. The molecule has 0 aliphatic rings. The van der Waals surface area contributed by atoms with Gasteiger partial charge in [0.2, 0.25) is 0 Å². The number of halogens is 1. The molecular formula is C11H12ClN3O. The third-order valence-corrected chi connectivity index (χ3v) is 2.24. The summed E-state index contributed by atoms with van der Waals surface area (Å²) in [6.07, 6.45) is 1.84. The fraction of sp³-hybridized carbons (Fsp3) is 0.273.